The van der Waals surface area contributed by atoms with E-state index in [1.54, 1.807) is 7.11 Å². The first-order valence-corrected chi connectivity index (χ1v) is 4.73. The van der Waals surface area contributed by atoms with Crippen LogP contribution in [0.5, 0.6) is 5.75 Å². The first-order valence-electron chi connectivity index (χ1n) is 4.73. The third kappa shape index (κ3) is 2.21. The van der Waals surface area contributed by atoms with Gasteiger partial charge in [-0.25, -0.2) is 0 Å². The van der Waals surface area contributed by atoms with E-state index in [9.17, 15) is 0 Å². The van der Waals surface area contributed by atoms with Crippen LogP contribution in [0.15, 0.2) is 18.2 Å². The molecule has 14 heavy (non-hydrogen) atoms. The maximum atomic E-state index is 5.18. The monoisotopic (exact) mass is 257 g/mol. The van der Waals surface area contributed by atoms with Gasteiger partial charge in [0, 0.05) is 11.7 Å². The second-order valence-corrected chi connectivity index (χ2v) is 3.61. The van der Waals surface area contributed by atoms with Gasteiger partial charge in [-0.05, 0) is 43.5 Å². The van der Waals surface area contributed by atoms with Gasteiger partial charge in [0.25, 0.3) is 0 Å². The van der Waals surface area contributed by atoms with Crippen molar-refractivity contribution < 1.29 is 4.74 Å². The summed E-state index contributed by atoms with van der Waals surface area (Å²) in [5.41, 5.74) is 2.64. The van der Waals surface area contributed by atoms with Crippen molar-refractivity contribution in [1.29, 1.82) is 0 Å². The lowest BCUT2D eigenvalue weighted by Gasteiger charge is -2.24. The summed E-state index contributed by atoms with van der Waals surface area (Å²) in [6.07, 6.45) is 2.36. The highest BCUT2D eigenvalue weighted by atomic mass is 79.9. The van der Waals surface area contributed by atoms with Crippen LogP contribution in [0.25, 0.3) is 0 Å². The predicted molar refractivity (Wildman–Crippen MR) is 64.7 cm³/mol. The van der Waals surface area contributed by atoms with E-state index in [0.717, 1.165) is 12.2 Å². The highest BCUT2D eigenvalue weighted by molar-refractivity contribution is 8.93. The molecule has 1 unspecified atom stereocenters. The van der Waals surface area contributed by atoms with E-state index in [-0.39, 0.29) is 17.0 Å². The van der Waals surface area contributed by atoms with Crippen LogP contribution in [0.4, 0.5) is 5.69 Å². The summed E-state index contributed by atoms with van der Waals surface area (Å²) in [5.74, 6) is 0.954. The van der Waals surface area contributed by atoms with Crippen LogP contribution in [-0.2, 0) is 6.42 Å². The van der Waals surface area contributed by atoms with Gasteiger partial charge in [0.05, 0.1) is 7.11 Å². The average Bonchev–Trinajstić information content (AvgIpc) is 2.17. The van der Waals surface area contributed by atoms with Crippen LogP contribution in [0.2, 0.25) is 0 Å². The summed E-state index contributed by atoms with van der Waals surface area (Å²) in [5, 5.41) is 3.46. The molecular weight excluding hydrogens is 242 g/mol. The molecule has 3 heteroatoms. The fourth-order valence-corrected chi connectivity index (χ4v) is 1.75. The van der Waals surface area contributed by atoms with Crippen molar-refractivity contribution in [1.82, 2.24) is 0 Å². The molecule has 1 aromatic rings. The zero-order chi connectivity index (χ0) is 9.26. The van der Waals surface area contributed by atoms with Crippen LogP contribution in [0.3, 0.4) is 0 Å². The summed E-state index contributed by atoms with van der Waals surface area (Å²) in [6, 6.07) is 6.82. The minimum Gasteiger partial charge on any atom is -0.497 e. The van der Waals surface area contributed by atoms with Crippen molar-refractivity contribution in [3.05, 3.63) is 23.8 Å². The maximum Gasteiger partial charge on any atom is 0.119 e. The first kappa shape index (κ1) is 11.4. The Morgan fingerprint density at radius 2 is 2.21 bits per heavy atom. The molecular formula is C11H16BrNO. The topological polar surface area (TPSA) is 21.3 Å². The Hall–Kier alpha value is -0.700. The molecule has 78 valence electrons. The fourth-order valence-electron chi connectivity index (χ4n) is 1.75. The van der Waals surface area contributed by atoms with Crippen molar-refractivity contribution in [2.24, 2.45) is 0 Å². The number of hydrogen-bond donors (Lipinski definition) is 1. The van der Waals surface area contributed by atoms with Gasteiger partial charge in [0.15, 0.2) is 0 Å². The lowest BCUT2D eigenvalue weighted by molar-refractivity contribution is 0.414. The molecule has 1 aliphatic heterocycles. The van der Waals surface area contributed by atoms with Gasteiger partial charge < -0.3 is 10.1 Å². The summed E-state index contributed by atoms with van der Waals surface area (Å²) >= 11 is 0. The van der Waals surface area contributed by atoms with Gasteiger partial charge in [-0.15, -0.1) is 17.0 Å². The molecule has 0 aromatic heterocycles. The van der Waals surface area contributed by atoms with Gasteiger partial charge in [-0.3, -0.25) is 0 Å². The zero-order valence-electron chi connectivity index (χ0n) is 8.54. The number of fused-ring (bicyclic) bond motifs is 1. The van der Waals surface area contributed by atoms with Crippen molar-refractivity contribution in [2.75, 3.05) is 12.4 Å². The van der Waals surface area contributed by atoms with E-state index in [1.807, 2.05) is 6.07 Å². The van der Waals surface area contributed by atoms with Crippen LogP contribution < -0.4 is 10.1 Å². The number of hydrogen-bond acceptors (Lipinski definition) is 2. The molecule has 0 aliphatic carbocycles. The third-order valence-electron chi connectivity index (χ3n) is 2.56. The predicted octanol–water partition coefficient (Wildman–Crippen LogP) is 3.02. The summed E-state index contributed by atoms with van der Waals surface area (Å²) in [6.45, 7) is 2.22. The highest BCUT2D eigenvalue weighted by Crippen LogP contribution is 2.28. The van der Waals surface area contributed by atoms with Gasteiger partial charge >= 0.3 is 0 Å². The van der Waals surface area contributed by atoms with Gasteiger partial charge in [-0.2, -0.15) is 0 Å². The molecule has 0 bridgehead atoms. The molecule has 2 nitrogen and oxygen atoms in total. The van der Waals surface area contributed by atoms with Crippen LogP contribution in [0, 0.1) is 0 Å². The summed E-state index contributed by atoms with van der Waals surface area (Å²) in [4.78, 5) is 0. The number of halogens is 1. The lowest BCUT2D eigenvalue weighted by atomic mass is 9.99. The smallest absolute Gasteiger partial charge is 0.119 e. The van der Waals surface area contributed by atoms with E-state index >= 15 is 0 Å². The molecule has 0 radical (unpaired) electrons. The van der Waals surface area contributed by atoms with Gasteiger partial charge in [0.1, 0.15) is 5.75 Å². The molecule has 0 saturated heterocycles. The number of rotatable bonds is 1. The number of ether oxygens (including phenoxy) is 1. The zero-order valence-corrected chi connectivity index (χ0v) is 10.3. The molecule has 0 saturated carbocycles. The largest absolute Gasteiger partial charge is 0.497 e. The Labute approximate surface area is 95.4 Å². The van der Waals surface area contributed by atoms with Crippen molar-refractivity contribution in [2.45, 2.75) is 25.8 Å². The minimum absolute atomic E-state index is 0. The Balaban J connectivity index is 0.000000980. The quantitative estimate of drug-likeness (QED) is 0.836. The minimum atomic E-state index is 0. The molecule has 0 amide bonds. The Bertz CT molecular complexity index is 314. The van der Waals surface area contributed by atoms with Crippen LogP contribution in [0.1, 0.15) is 18.9 Å². The number of anilines is 1. The molecule has 1 heterocycles. The van der Waals surface area contributed by atoms with Crippen molar-refractivity contribution >= 4 is 22.7 Å². The summed E-state index contributed by atoms with van der Waals surface area (Å²) < 4.78 is 5.18. The second-order valence-electron chi connectivity index (χ2n) is 3.61. The molecule has 1 aliphatic rings. The number of nitrogens with one attached hydrogen (secondary N) is 1. The molecule has 1 atom stereocenters. The second kappa shape index (κ2) is 4.69. The molecule has 0 spiro atoms. The summed E-state index contributed by atoms with van der Waals surface area (Å²) in [7, 11) is 1.71. The highest BCUT2D eigenvalue weighted by Gasteiger charge is 2.13. The van der Waals surface area contributed by atoms with Gasteiger partial charge in [-0.1, -0.05) is 0 Å². The van der Waals surface area contributed by atoms with Crippen molar-refractivity contribution in [3.63, 3.8) is 0 Å². The molecule has 0 fully saturated rings. The fraction of sp³-hybridized carbons (Fsp3) is 0.455. The van der Waals surface area contributed by atoms with E-state index in [1.165, 1.54) is 17.7 Å². The number of methoxy groups -OCH3 is 1. The lowest BCUT2D eigenvalue weighted by Crippen LogP contribution is -2.21. The van der Waals surface area contributed by atoms with Gasteiger partial charge in [0.2, 0.25) is 0 Å². The molecule has 1 aromatic carbocycles. The molecule has 1 N–H and O–H groups in total. The Morgan fingerprint density at radius 1 is 1.43 bits per heavy atom. The van der Waals surface area contributed by atoms with E-state index < -0.39 is 0 Å². The van der Waals surface area contributed by atoms with E-state index in [0.29, 0.717) is 6.04 Å². The SMILES string of the molecule is Br.COc1ccc2c(c1)CCC(C)N2. The third-order valence-corrected chi connectivity index (χ3v) is 2.56. The molecule has 2 rings (SSSR count). The maximum absolute atomic E-state index is 5.18. The number of aryl methyl sites for hydroxylation is 1. The van der Waals surface area contributed by atoms with E-state index in [4.69, 9.17) is 4.74 Å². The number of benzene rings is 1. The van der Waals surface area contributed by atoms with Crippen molar-refractivity contribution in [3.8, 4) is 5.75 Å². The Morgan fingerprint density at radius 3 is 2.93 bits per heavy atom. The first-order chi connectivity index (χ1) is 6.29. The Kier molecular flexibility index (Phi) is 3.81. The average molecular weight is 258 g/mol. The normalized spacial score (nSPS) is 18.9. The van der Waals surface area contributed by atoms with Crippen LogP contribution in [-0.4, -0.2) is 13.2 Å². The standard InChI is InChI=1S/C11H15NO.BrH/c1-8-3-4-9-7-10(13-2)5-6-11(9)12-8;/h5-8,12H,3-4H2,1-2H3;1H. The van der Waals surface area contributed by atoms with Crippen LogP contribution >= 0.6 is 17.0 Å². The van der Waals surface area contributed by atoms with E-state index in [2.05, 4.69) is 24.4 Å².